The molecule has 3 aromatic rings. The molecule has 0 aliphatic heterocycles. The Bertz CT molecular complexity index is 914. The second kappa shape index (κ2) is 7.37. The number of rotatable bonds is 5. The Kier molecular flexibility index (Phi) is 5.19. The summed E-state index contributed by atoms with van der Waals surface area (Å²) in [6, 6.07) is 7.66. The van der Waals surface area contributed by atoms with E-state index in [1.54, 1.807) is 6.92 Å². The quantitative estimate of drug-likeness (QED) is 0.487. The lowest BCUT2D eigenvalue weighted by atomic mass is 10.1. The van der Waals surface area contributed by atoms with Crippen molar-refractivity contribution in [2.45, 2.75) is 13.3 Å². The van der Waals surface area contributed by atoms with Crippen LogP contribution in [0.3, 0.4) is 0 Å². The highest BCUT2D eigenvalue weighted by Crippen LogP contribution is 2.40. The molecular formula is C17H15BrN2O4S. The lowest BCUT2D eigenvalue weighted by molar-refractivity contribution is -0.115. The maximum atomic E-state index is 12.2. The molecule has 1 N–H and O–H groups in total. The number of para-hydroxylation sites is 1. The van der Waals surface area contributed by atoms with E-state index in [0.717, 1.165) is 10.2 Å². The first kappa shape index (κ1) is 17.6. The average molecular weight is 423 g/mol. The number of thiazole rings is 1. The molecule has 0 radical (unpaired) electrons. The lowest BCUT2D eigenvalue weighted by Gasteiger charge is -2.03. The van der Waals surface area contributed by atoms with Crippen molar-refractivity contribution in [1.82, 2.24) is 4.98 Å². The molecule has 8 heteroatoms. The van der Waals surface area contributed by atoms with Gasteiger partial charge in [-0.15, -0.1) is 11.3 Å². The van der Waals surface area contributed by atoms with Crippen LogP contribution < -0.4 is 5.32 Å². The van der Waals surface area contributed by atoms with Crippen molar-refractivity contribution in [2.75, 3.05) is 17.8 Å². The van der Waals surface area contributed by atoms with Crippen molar-refractivity contribution < 1.29 is 18.7 Å². The molecule has 6 nitrogen and oxygen atoms in total. The van der Waals surface area contributed by atoms with Gasteiger partial charge in [-0.05, 0) is 19.1 Å². The highest BCUT2D eigenvalue weighted by atomic mass is 79.9. The summed E-state index contributed by atoms with van der Waals surface area (Å²) in [5.41, 5.74) is 1.54. The predicted octanol–water partition coefficient (Wildman–Crippen LogP) is 4.37. The van der Waals surface area contributed by atoms with E-state index in [1.165, 1.54) is 18.4 Å². The number of amides is 1. The molecule has 2 heterocycles. The molecule has 1 aromatic carbocycles. The molecule has 2 aromatic heterocycles. The number of aromatic nitrogens is 1. The molecule has 0 aliphatic carbocycles. The van der Waals surface area contributed by atoms with Crippen LogP contribution in [0.5, 0.6) is 0 Å². The number of nitrogens with one attached hydrogen (secondary N) is 1. The van der Waals surface area contributed by atoms with E-state index in [9.17, 15) is 9.59 Å². The van der Waals surface area contributed by atoms with Gasteiger partial charge >= 0.3 is 5.97 Å². The molecule has 0 fully saturated rings. The minimum absolute atomic E-state index is 0.211. The van der Waals surface area contributed by atoms with Gasteiger partial charge in [0.05, 0.1) is 22.9 Å². The number of furan rings is 1. The first-order valence-corrected chi connectivity index (χ1v) is 9.42. The first-order valence-electron chi connectivity index (χ1n) is 7.48. The number of ether oxygens (including phenoxy) is 1. The number of alkyl halides is 1. The van der Waals surface area contributed by atoms with Crippen molar-refractivity contribution in [3.63, 3.8) is 0 Å². The summed E-state index contributed by atoms with van der Waals surface area (Å²) in [6.07, 6.45) is 0.284. The number of anilines is 1. The molecule has 25 heavy (non-hydrogen) atoms. The summed E-state index contributed by atoms with van der Waals surface area (Å²) in [7, 11) is 1.31. The van der Waals surface area contributed by atoms with Crippen LogP contribution in [0.2, 0.25) is 0 Å². The second-order valence-corrected chi connectivity index (χ2v) is 7.03. The van der Waals surface area contributed by atoms with Crippen LogP contribution in [0.15, 0.2) is 28.7 Å². The Morgan fingerprint density at radius 2 is 2.12 bits per heavy atom. The monoisotopic (exact) mass is 422 g/mol. The van der Waals surface area contributed by atoms with Crippen LogP contribution in [0.1, 0.15) is 22.5 Å². The number of aryl methyl sites for hydroxylation is 1. The fourth-order valence-electron chi connectivity index (χ4n) is 2.44. The van der Waals surface area contributed by atoms with Gasteiger partial charge in [0.1, 0.15) is 16.3 Å². The molecule has 1 amide bonds. The number of carbonyl (C=O) groups is 2. The van der Waals surface area contributed by atoms with E-state index >= 15 is 0 Å². The van der Waals surface area contributed by atoms with E-state index in [1.807, 2.05) is 24.3 Å². The van der Waals surface area contributed by atoms with Gasteiger partial charge in [-0.1, -0.05) is 28.1 Å². The third-order valence-electron chi connectivity index (χ3n) is 3.56. The molecule has 0 spiro atoms. The van der Waals surface area contributed by atoms with Gasteiger partial charge in [-0.25, -0.2) is 9.78 Å². The number of methoxy groups -OCH3 is 1. The fraction of sp³-hybridized carbons (Fsp3) is 0.235. The molecule has 130 valence electrons. The van der Waals surface area contributed by atoms with Crippen molar-refractivity contribution in [3.8, 4) is 10.6 Å². The summed E-state index contributed by atoms with van der Waals surface area (Å²) < 4.78 is 11.5. The highest BCUT2D eigenvalue weighted by molar-refractivity contribution is 9.09. The molecule has 0 atom stereocenters. The van der Waals surface area contributed by atoms with E-state index < -0.39 is 5.97 Å². The van der Waals surface area contributed by atoms with Crippen molar-refractivity contribution in [2.24, 2.45) is 0 Å². The third-order valence-corrected chi connectivity index (χ3v) is 5.01. The van der Waals surface area contributed by atoms with Gasteiger partial charge < -0.3 is 9.15 Å². The van der Waals surface area contributed by atoms with Crippen LogP contribution in [0, 0.1) is 6.92 Å². The van der Waals surface area contributed by atoms with Gasteiger partial charge in [0, 0.05) is 11.8 Å². The Morgan fingerprint density at radius 3 is 2.80 bits per heavy atom. The minimum Gasteiger partial charge on any atom is -0.465 e. The SMILES string of the molecule is COC(=O)c1c(C)oc(NC(=O)CCBr)c1-c1nc2ccccc2s1. The van der Waals surface area contributed by atoms with Gasteiger partial charge in [0.2, 0.25) is 11.8 Å². The first-order chi connectivity index (χ1) is 12.0. The minimum atomic E-state index is -0.531. The topological polar surface area (TPSA) is 81.4 Å². The Labute approximate surface area is 156 Å². The summed E-state index contributed by atoms with van der Waals surface area (Å²) in [5, 5.41) is 3.83. The van der Waals surface area contributed by atoms with E-state index in [0.29, 0.717) is 21.7 Å². The van der Waals surface area contributed by atoms with Gasteiger partial charge in [-0.2, -0.15) is 0 Å². The summed E-state index contributed by atoms with van der Waals surface area (Å²) in [5.74, 6) is -0.168. The zero-order valence-corrected chi connectivity index (χ0v) is 16.0. The van der Waals surface area contributed by atoms with Crippen LogP contribution in [0.25, 0.3) is 20.8 Å². The molecule has 0 saturated heterocycles. The zero-order chi connectivity index (χ0) is 18.0. The molecule has 0 bridgehead atoms. The number of nitrogens with zero attached hydrogens (tertiary/aromatic N) is 1. The van der Waals surface area contributed by atoms with Crippen LogP contribution in [-0.4, -0.2) is 29.3 Å². The maximum absolute atomic E-state index is 12.2. The highest BCUT2D eigenvalue weighted by Gasteiger charge is 2.28. The summed E-state index contributed by atoms with van der Waals surface area (Å²) in [6.45, 7) is 1.66. The molecule has 0 aliphatic rings. The third kappa shape index (κ3) is 3.45. The second-order valence-electron chi connectivity index (χ2n) is 5.20. The van der Waals surface area contributed by atoms with Crippen LogP contribution >= 0.6 is 27.3 Å². The van der Waals surface area contributed by atoms with Gasteiger partial charge in [0.15, 0.2) is 0 Å². The van der Waals surface area contributed by atoms with Crippen molar-refractivity contribution in [3.05, 3.63) is 35.6 Å². The van der Waals surface area contributed by atoms with E-state index in [4.69, 9.17) is 9.15 Å². The number of hydrogen-bond acceptors (Lipinski definition) is 6. The summed E-state index contributed by atoms with van der Waals surface area (Å²) >= 11 is 4.65. The largest absolute Gasteiger partial charge is 0.465 e. The number of fused-ring (bicyclic) bond motifs is 1. The fourth-order valence-corrected chi connectivity index (χ4v) is 3.81. The predicted molar refractivity (Wildman–Crippen MR) is 100 cm³/mol. The number of benzene rings is 1. The lowest BCUT2D eigenvalue weighted by Crippen LogP contribution is -2.12. The number of hydrogen-bond donors (Lipinski definition) is 1. The number of esters is 1. The van der Waals surface area contributed by atoms with E-state index in [2.05, 4.69) is 26.2 Å². The van der Waals surface area contributed by atoms with Crippen LogP contribution in [0.4, 0.5) is 5.88 Å². The molecule has 0 saturated carbocycles. The van der Waals surface area contributed by atoms with Crippen molar-refractivity contribution in [1.29, 1.82) is 0 Å². The van der Waals surface area contributed by atoms with Gasteiger partial charge in [0.25, 0.3) is 0 Å². The Hall–Kier alpha value is -2.19. The van der Waals surface area contributed by atoms with E-state index in [-0.39, 0.29) is 23.8 Å². The number of carbonyl (C=O) groups excluding carboxylic acids is 2. The normalized spacial score (nSPS) is 10.8. The average Bonchev–Trinajstić information content (AvgIpc) is 3.14. The molecular weight excluding hydrogens is 408 g/mol. The number of halogens is 1. The Morgan fingerprint density at radius 1 is 1.36 bits per heavy atom. The van der Waals surface area contributed by atoms with Crippen LogP contribution in [-0.2, 0) is 9.53 Å². The van der Waals surface area contributed by atoms with Gasteiger partial charge in [-0.3, -0.25) is 10.1 Å². The standard InChI is InChI=1S/C17H15BrN2O4S/c1-9-13(17(22)23-2)14(15(24-9)20-12(21)7-8-18)16-19-10-5-3-4-6-11(10)25-16/h3-6H,7-8H2,1-2H3,(H,20,21). The summed E-state index contributed by atoms with van der Waals surface area (Å²) in [4.78, 5) is 28.8. The smallest absolute Gasteiger partial charge is 0.342 e. The maximum Gasteiger partial charge on any atom is 0.342 e. The van der Waals surface area contributed by atoms with Crippen molar-refractivity contribution >= 4 is 55.2 Å². The zero-order valence-electron chi connectivity index (χ0n) is 13.6. The molecule has 0 unspecified atom stereocenters. The molecule has 3 rings (SSSR count). The Balaban J connectivity index is 2.16.